The highest BCUT2D eigenvalue weighted by atomic mass is 127. The van der Waals surface area contributed by atoms with E-state index in [0.717, 1.165) is 36.5 Å². The molecular formula is C24H30IN5O2. The van der Waals surface area contributed by atoms with Crippen LogP contribution in [0.1, 0.15) is 18.9 Å². The molecule has 2 aromatic rings. The number of nitrogens with one attached hydrogen (secondary N) is 3. The van der Waals surface area contributed by atoms with Gasteiger partial charge in [-0.05, 0) is 43.7 Å². The number of guanidine groups is 1. The number of methoxy groups -OCH3 is 1. The van der Waals surface area contributed by atoms with Gasteiger partial charge in [0.2, 0.25) is 5.91 Å². The highest BCUT2D eigenvalue weighted by Crippen LogP contribution is 2.30. The van der Waals surface area contributed by atoms with Crippen LogP contribution in [0, 0.1) is 12.3 Å². The lowest BCUT2D eigenvalue weighted by Gasteiger charge is -2.22. The number of nitrogens with zero attached hydrogens (tertiary/aromatic N) is 2. The summed E-state index contributed by atoms with van der Waals surface area (Å²) in [4.78, 5) is 19.1. The maximum Gasteiger partial charge on any atom is 0.246 e. The molecular weight excluding hydrogens is 517 g/mol. The Morgan fingerprint density at radius 3 is 2.84 bits per heavy atom. The third kappa shape index (κ3) is 7.05. The lowest BCUT2D eigenvalue weighted by Crippen LogP contribution is -2.45. The molecule has 1 heterocycles. The van der Waals surface area contributed by atoms with Crippen LogP contribution in [-0.4, -0.2) is 51.2 Å². The minimum Gasteiger partial charge on any atom is -0.495 e. The number of ether oxygens (including phenoxy) is 1. The molecule has 8 heteroatoms. The Morgan fingerprint density at radius 2 is 2.09 bits per heavy atom. The fourth-order valence-electron chi connectivity index (χ4n) is 3.54. The number of rotatable bonds is 7. The first-order valence-electron chi connectivity index (χ1n) is 10.4. The average molecular weight is 547 g/mol. The molecule has 170 valence electrons. The Morgan fingerprint density at radius 1 is 1.28 bits per heavy atom. The van der Waals surface area contributed by atoms with Gasteiger partial charge in [-0.15, -0.1) is 30.4 Å². The molecule has 1 amide bonds. The van der Waals surface area contributed by atoms with Gasteiger partial charge in [0.1, 0.15) is 12.3 Å². The third-order valence-electron chi connectivity index (χ3n) is 4.99. The number of para-hydroxylation sites is 2. The minimum absolute atomic E-state index is 0. The van der Waals surface area contributed by atoms with E-state index in [4.69, 9.17) is 11.2 Å². The zero-order chi connectivity index (χ0) is 22.1. The summed E-state index contributed by atoms with van der Waals surface area (Å²) < 4.78 is 5.49. The lowest BCUT2D eigenvalue weighted by atomic mass is 10.2. The molecule has 0 aliphatic carbocycles. The first kappa shape index (κ1) is 25.3. The van der Waals surface area contributed by atoms with Gasteiger partial charge in [-0.25, -0.2) is 4.99 Å². The number of carbonyl (C=O) groups excluding carboxylic acids is 1. The fraction of sp³-hybridized carbons (Fsp3) is 0.333. The molecule has 0 bridgehead atoms. The van der Waals surface area contributed by atoms with E-state index in [0.29, 0.717) is 18.2 Å². The molecule has 2 aromatic carbocycles. The van der Waals surface area contributed by atoms with Crippen LogP contribution in [0.4, 0.5) is 11.4 Å². The largest absolute Gasteiger partial charge is 0.495 e. The fourth-order valence-corrected chi connectivity index (χ4v) is 3.54. The molecule has 1 saturated heterocycles. The van der Waals surface area contributed by atoms with Crippen LogP contribution < -0.4 is 25.6 Å². The van der Waals surface area contributed by atoms with Gasteiger partial charge in [-0.3, -0.25) is 4.79 Å². The molecule has 1 unspecified atom stereocenters. The molecule has 1 aliphatic heterocycles. The second-order valence-electron chi connectivity index (χ2n) is 7.22. The number of benzene rings is 2. The van der Waals surface area contributed by atoms with Crippen molar-refractivity contribution in [3.8, 4) is 18.1 Å². The predicted octanol–water partition coefficient (Wildman–Crippen LogP) is 3.07. The Balaban J connectivity index is 0.00000363. The van der Waals surface area contributed by atoms with Crippen LogP contribution in [0.3, 0.4) is 0 Å². The second kappa shape index (κ2) is 12.8. The van der Waals surface area contributed by atoms with Crippen molar-refractivity contribution in [2.75, 3.05) is 43.5 Å². The van der Waals surface area contributed by atoms with Crippen molar-refractivity contribution in [3.63, 3.8) is 0 Å². The molecule has 7 nitrogen and oxygen atoms in total. The number of anilines is 2. The summed E-state index contributed by atoms with van der Waals surface area (Å²) in [6, 6.07) is 15.4. The quantitative estimate of drug-likeness (QED) is 0.215. The molecule has 3 N–H and O–H groups in total. The smallest absolute Gasteiger partial charge is 0.246 e. The number of hydrogen-bond acceptors (Lipinski definition) is 4. The van der Waals surface area contributed by atoms with Crippen molar-refractivity contribution in [3.05, 3.63) is 54.1 Å². The van der Waals surface area contributed by atoms with Crippen molar-refractivity contribution in [1.82, 2.24) is 10.6 Å². The zero-order valence-corrected chi connectivity index (χ0v) is 20.8. The first-order valence-corrected chi connectivity index (χ1v) is 10.4. The Kier molecular flexibility index (Phi) is 10.1. The average Bonchev–Trinajstić information content (AvgIpc) is 3.26. The lowest BCUT2D eigenvalue weighted by molar-refractivity contribution is -0.114. The van der Waals surface area contributed by atoms with Gasteiger partial charge in [-0.2, -0.15) is 0 Å². The summed E-state index contributed by atoms with van der Waals surface area (Å²) in [6.07, 6.45) is 6.38. The van der Waals surface area contributed by atoms with Crippen LogP contribution in [0.5, 0.6) is 5.75 Å². The maximum atomic E-state index is 12.3. The van der Waals surface area contributed by atoms with E-state index < -0.39 is 0 Å². The van der Waals surface area contributed by atoms with Crippen LogP contribution in [0.15, 0.2) is 53.5 Å². The summed E-state index contributed by atoms with van der Waals surface area (Å²) >= 11 is 0. The van der Waals surface area contributed by atoms with Gasteiger partial charge in [0.05, 0.1) is 12.8 Å². The van der Waals surface area contributed by atoms with E-state index in [1.165, 1.54) is 0 Å². The highest BCUT2D eigenvalue weighted by Gasteiger charge is 2.25. The van der Waals surface area contributed by atoms with Crippen molar-refractivity contribution in [2.24, 2.45) is 4.99 Å². The standard InChI is InChI=1S/C24H29N5O2.HI/c1-4-18-9-8-10-19(15-18)27-23(30)16-26-24(25-5-2)28-20-13-14-29(17-20)21-11-6-7-12-22(21)31-3;/h1,6-12,15,20H,5,13-14,16-17H2,2-3H3,(H,27,30)(H2,25,26,28);1H. The van der Waals surface area contributed by atoms with Gasteiger partial charge < -0.3 is 25.6 Å². The van der Waals surface area contributed by atoms with Gasteiger partial charge in [-0.1, -0.05) is 24.1 Å². The van der Waals surface area contributed by atoms with Crippen molar-refractivity contribution < 1.29 is 9.53 Å². The predicted molar refractivity (Wildman–Crippen MR) is 141 cm³/mol. The maximum absolute atomic E-state index is 12.3. The van der Waals surface area contributed by atoms with E-state index in [-0.39, 0.29) is 42.5 Å². The van der Waals surface area contributed by atoms with Crippen LogP contribution >= 0.6 is 24.0 Å². The van der Waals surface area contributed by atoms with Gasteiger partial charge in [0.25, 0.3) is 0 Å². The minimum atomic E-state index is -0.201. The summed E-state index contributed by atoms with van der Waals surface area (Å²) in [5.41, 5.74) is 2.47. The molecule has 0 saturated carbocycles. The first-order chi connectivity index (χ1) is 15.1. The van der Waals surface area contributed by atoms with Crippen molar-refractivity contribution >= 4 is 47.2 Å². The number of aliphatic imine (C=N–C) groups is 1. The van der Waals surface area contributed by atoms with E-state index in [2.05, 4.69) is 37.8 Å². The number of hydrogen-bond donors (Lipinski definition) is 3. The topological polar surface area (TPSA) is 78.0 Å². The normalized spacial score (nSPS) is 15.3. The summed E-state index contributed by atoms with van der Waals surface area (Å²) in [7, 11) is 1.69. The number of amides is 1. The number of terminal acetylenes is 1. The molecule has 0 spiro atoms. The molecule has 0 radical (unpaired) electrons. The van der Waals surface area contributed by atoms with Crippen molar-refractivity contribution in [2.45, 2.75) is 19.4 Å². The Hall–Kier alpha value is -2.93. The SMILES string of the molecule is C#Cc1cccc(NC(=O)CN=C(NCC)NC2CCN(c3ccccc3OC)C2)c1.I. The Bertz CT molecular complexity index is 973. The summed E-state index contributed by atoms with van der Waals surface area (Å²) in [6.45, 7) is 4.47. The van der Waals surface area contributed by atoms with E-state index >= 15 is 0 Å². The second-order valence-corrected chi connectivity index (χ2v) is 7.22. The Labute approximate surface area is 207 Å². The van der Waals surface area contributed by atoms with E-state index in [1.807, 2.05) is 37.3 Å². The van der Waals surface area contributed by atoms with Gasteiger partial charge in [0, 0.05) is 36.9 Å². The number of halogens is 1. The summed E-state index contributed by atoms with van der Waals surface area (Å²) in [5, 5.41) is 9.48. The van der Waals surface area contributed by atoms with Crippen LogP contribution in [-0.2, 0) is 4.79 Å². The molecule has 3 rings (SSSR count). The molecule has 1 fully saturated rings. The highest BCUT2D eigenvalue weighted by molar-refractivity contribution is 14.0. The van der Waals surface area contributed by atoms with Crippen LogP contribution in [0.25, 0.3) is 0 Å². The molecule has 0 aromatic heterocycles. The van der Waals surface area contributed by atoms with Crippen molar-refractivity contribution in [1.29, 1.82) is 0 Å². The zero-order valence-electron chi connectivity index (χ0n) is 18.4. The van der Waals surface area contributed by atoms with Gasteiger partial charge in [0.15, 0.2) is 5.96 Å². The monoisotopic (exact) mass is 547 g/mol. The van der Waals surface area contributed by atoms with E-state index in [1.54, 1.807) is 19.2 Å². The van der Waals surface area contributed by atoms with Crippen LogP contribution in [0.2, 0.25) is 0 Å². The van der Waals surface area contributed by atoms with Gasteiger partial charge >= 0.3 is 0 Å². The molecule has 32 heavy (non-hydrogen) atoms. The van der Waals surface area contributed by atoms with E-state index in [9.17, 15) is 4.79 Å². The molecule has 1 atom stereocenters. The summed E-state index contributed by atoms with van der Waals surface area (Å²) in [5.74, 6) is 3.86. The number of carbonyl (C=O) groups is 1. The molecule has 1 aliphatic rings. The third-order valence-corrected chi connectivity index (χ3v) is 4.99.